The second-order valence-corrected chi connectivity index (χ2v) is 3.91. The SMILES string of the molecule is Nc1ncn2ccc(N3CCOCC3)cc12. The fraction of sp³-hybridized carbons (Fsp3) is 0.364. The maximum absolute atomic E-state index is 5.80. The number of rotatable bonds is 1. The molecule has 0 radical (unpaired) electrons. The van der Waals surface area contributed by atoms with E-state index >= 15 is 0 Å². The number of morpholine rings is 1. The Balaban J connectivity index is 1.99. The zero-order chi connectivity index (χ0) is 11.0. The van der Waals surface area contributed by atoms with Crippen molar-refractivity contribution < 1.29 is 4.74 Å². The molecular formula is C11H14N4O. The van der Waals surface area contributed by atoms with Gasteiger partial charge in [0.15, 0.2) is 0 Å². The molecule has 2 N–H and O–H groups in total. The van der Waals surface area contributed by atoms with Crippen LogP contribution in [0.3, 0.4) is 0 Å². The van der Waals surface area contributed by atoms with Crippen molar-refractivity contribution >= 4 is 17.0 Å². The summed E-state index contributed by atoms with van der Waals surface area (Å²) in [7, 11) is 0. The maximum atomic E-state index is 5.80. The predicted molar refractivity (Wildman–Crippen MR) is 62.6 cm³/mol. The second-order valence-electron chi connectivity index (χ2n) is 3.91. The lowest BCUT2D eigenvalue weighted by Gasteiger charge is -2.28. The highest BCUT2D eigenvalue weighted by molar-refractivity contribution is 5.71. The molecule has 1 aliphatic heterocycles. The van der Waals surface area contributed by atoms with Gasteiger partial charge < -0.3 is 19.8 Å². The van der Waals surface area contributed by atoms with Gasteiger partial charge in [-0.1, -0.05) is 0 Å². The Kier molecular flexibility index (Phi) is 2.18. The van der Waals surface area contributed by atoms with E-state index in [0.717, 1.165) is 31.8 Å². The number of hydrogen-bond donors (Lipinski definition) is 1. The van der Waals surface area contributed by atoms with E-state index in [-0.39, 0.29) is 0 Å². The average Bonchev–Trinajstić information content (AvgIpc) is 2.72. The zero-order valence-corrected chi connectivity index (χ0v) is 8.97. The van der Waals surface area contributed by atoms with Gasteiger partial charge in [0, 0.05) is 25.0 Å². The Morgan fingerprint density at radius 2 is 2.12 bits per heavy atom. The Morgan fingerprint density at radius 3 is 2.94 bits per heavy atom. The quantitative estimate of drug-likeness (QED) is 0.767. The van der Waals surface area contributed by atoms with Crippen molar-refractivity contribution in [1.82, 2.24) is 9.38 Å². The number of imidazole rings is 1. The zero-order valence-electron chi connectivity index (χ0n) is 8.97. The van der Waals surface area contributed by atoms with Crippen molar-refractivity contribution in [2.75, 3.05) is 36.9 Å². The molecule has 0 bridgehead atoms. The molecule has 3 heterocycles. The smallest absolute Gasteiger partial charge is 0.149 e. The first-order valence-electron chi connectivity index (χ1n) is 5.39. The van der Waals surface area contributed by atoms with Gasteiger partial charge in [-0.15, -0.1) is 0 Å². The maximum Gasteiger partial charge on any atom is 0.149 e. The molecule has 1 aliphatic rings. The van der Waals surface area contributed by atoms with Gasteiger partial charge in [-0.25, -0.2) is 4.98 Å². The van der Waals surface area contributed by atoms with Crippen molar-refractivity contribution in [3.8, 4) is 0 Å². The van der Waals surface area contributed by atoms with Crippen molar-refractivity contribution in [1.29, 1.82) is 0 Å². The molecule has 1 fully saturated rings. The van der Waals surface area contributed by atoms with Crippen LogP contribution in [0.1, 0.15) is 0 Å². The number of fused-ring (bicyclic) bond motifs is 1. The number of nitrogen functional groups attached to an aromatic ring is 1. The van der Waals surface area contributed by atoms with E-state index in [1.807, 2.05) is 10.6 Å². The molecule has 0 amide bonds. The van der Waals surface area contributed by atoms with Gasteiger partial charge in [0.05, 0.1) is 18.7 Å². The molecule has 84 valence electrons. The minimum absolute atomic E-state index is 0.579. The number of nitrogens with two attached hydrogens (primary N) is 1. The lowest BCUT2D eigenvalue weighted by Crippen LogP contribution is -2.36. The van der Waals surface area contributed by atoms with E-state index in [4.69, 9.17) is 10.5 Å². The van der Waals surface area contributed by atoms with Crippen molar-refractivity contribution in [3.05, 3.63) is 24.7 Å². The van der Waals surface area contributed by atoms with Crippen LogP contribution in [0.15, 0.2) is 24.7 Å². The van der Waals surface area contributed by atoms with Crippen LogP contribution in [0.4, 0.5) is 11.5 Å². The van der Waals surface area contributed by atoms with Crippen LogP contribution in [-0.4, -0.2) is 35.7 Å². The Bertz CT molecular complexity index is 502. The summed E-state index contributed by atoms with van der Waals surface area (Å²) in [6.07, 6.45) is 3.72. The lowest BCUT2D eigenvalue weighted by molar-refractivity contribution is 0.122. The van der Waals surface area contributed by atoms with Gasteiger partial charge in [-0.05, 0) is 12.1 Å². The Labute approximate surface area is 93.4 Å². The summed E-state index contributed by atoms with van der Waals surface area (Å²) in [6.45, 7) is 3.45. The van der Waals surface area contributed by atoms with Crippen LogP contribution < -0.4 is 10.6 Å². The van der Waals surface area contributed by atoms with Crippen molar-refractivity contribution in [3.63, 3.8) is 0 Å². The molecule has 0 spiro atoms. The second kappa shape index (κ2) is 3.68. The monoisotopic (exact) mass is 218 g/mol. The van der Waals surface area contributed by atoms with Gasteiger partial charge in [-0.3, -0.25) is 0 Å². The summed E-state index contributed by atoms with van der Waals surface area (Å²) in [5.74, 6) is 0.579. The summed E-state index contributed by atoms with van der Waals surface area (Å²) in [5, 5.41) is 0. The van der Waals surface area contributed by atoms with Crippen LogP contribution >= 0.6 is 0 Å². The number of ether oxygens (including phenoxy) is 1. The molecule has 1 saturated heterocycles. The fourth-order valence-corrected chi connectivity index (χ4v) is 2.02. The lowest BCUT2D eigenvalue weighted by atomic mass is 10.3. The van der Waals surface area contributed by atoms with E-state index in [1.54, 1.807) is 6.33 Å². The number of pyridine rings is 1. The first kappa shape index (κ1) is 9.47. The van der Waals surface area contributed by atoms with Crippen molar-refractivity contribution in [2.45, 2.75) is 0 Å². The fourth-order valence-electron chi connectivity index (χ4n) is 2.02. The highest BCUT2D eigenvalue weighted by atomic mass is 16.5. The van der Waals surface area contributed by atoms with Gasteiger partial charge in [0.25, 0.3) is 0 Å². The third kappa shape index (κ3) is 1.49. The van der Waals surface area contributed by atoms with Crippen molar-refractivity contribution in [2.24, 2.45) is 0 Å². The molecule has 2 aromatic heterocycles. The highest BCUT2D eigenvalue weighted by Gasteiger charge is 2.12. The molecule has 0 aromatic carbocycles. The number of nitrogens with zero attached hydrogens (tertiary/aromatic N) is 3. The van der Waals surface area contributed by atoms with E-state index in [9.17, 15) is 0 Å². The number of aromatic nitrogens is 2. The van der Waals surface area contributed by atoms with Crippen LogP contribution in [0.2, 0.25) is 0 Å². The van der Waals surface area contributed by atoms with Gasteiger partial charge in [0.1, 0.15) is 12.1 Å². The van der Waals surface area contributed by atoms with Crippen LogP contribution in [0.5, 0.6) is 0 Å². The van der Waals surface area contributed by atoms with Gasteiger partial charge in [0.2, 0.25) is 0 Å². The molecular weight excluding hydrogens is 204 g/mol. The summed E-state index contributed by atoms with van der Waals surface area (Å²) in [4.78, 5) is 6.38. The topological polar surface area (TPSA) is 55.8 Å². The summed E-state index contributed by atoms with van der Waals surface area (Å²) in [6, 6.07) is 4.16. The molecule has 0 unspecified atom stereocenters. The normalized spacial score (nSPS) is 16.9. The predicted octanol–water partition coefficient (Wildman–Crippen LogP) is 0.753. The van der Waals surface area contributed by atoms with E-state index in [1.165, 1.54) is 5.69 Å². The van der Waals surface area contributed by atoms with Crippen LogP contribution in [-0.2, 0) is 4.74 Å². The van der Waals surface area contributed by atoms with E-state index < -0.39 is 0 Å². The minimum Gasteiger partial charge on any atom is -0.382 e. The van der Waals surface area contributed by atoms with Gasteiger partial charge >= 0.3 is 0 Å². The molecule has 0 atom stereocenters. The Morgan fingerprint density at radius 1 is 1.31 bits per heavy atom. The largest absolute Gasteiger partial charge is 0.382 e. The third-order valence-electron chi connectivity index (χ3n) is 2.93. The number of anilines is 2. The van der Waals surface area contributed by atoms with Gasteiger partial charge in [-0.2, -0.15) is 0 Å². The summed E-state index contributed by atoms with van der Waals surface area (Å²) in [5.41, 5.74) is 7.94. The first-order valence-corrected chi connectivity index (χ1v) is 5.39. The number of hydrogen-bond acceptors (Lipinski definition) is 4. The van der Waals surface area contributed by atoms with E-state index in [2.05, 4.69) is 22.0 Å². The summed E-state index contributed by atoms with van der Waals surface area (Å²) < 4.78 is 7.26. The van der Waals surface area contributed by atoms with Crippen LogP contribution in [0, 0.1) is 0 Å². The van der Waals surface area contributed by atoms with Crippen LogP contribution in [0.25, 0.3) is 5.52 Å². The first-order chi connectivity index (χ1) is 7.84. The highest BCUT2D eigenvalue weighted by Crippen LogP contribution is 2.20. The summed E-state index contributed by atoms with van der Waals surface area (Å²) >= 11 is 0. The standard InChI is InChI=1S/C11H14N4O/c12-11-10-7-9(1-2-15(10)8-13-11)14-3-5-16-6-4-14/h1-2,7-8H,3-6,12H2. The molecule has 0 aliphatic carbocycles. The minimum atomic E-state index is 0.579. The molecule has 5 heteroatoms. The molecule has 3 rings (SSSR count). The Hall–Kier alpha value is -1.75. The molecule has 0 saturated carbocycles. The molecule has 2 aromatic rings. The molecule has 5 nitrogen and oxygen atoms in total. The van der Waals surface area contributed by atoms with E-state index in [0.29, 0.717) is 5.82 Å². The third-order valence-corrected chi connectivity index (χ3v) is 2.93. The molecule has 16 heavy (non-hydrogen) atoms. The average molecular weight is 218 g/mol.